The molecule has 1 aromatic carbocycles. The van der Waals surface area contributed by atoms with Gasteiger partial charge in [-0.3, -0.25) is 4.79 Å². The van der Waals surface area contributed by atoms with Crippen molar-refractivity contribution in [2.45, 2.75) is 13.0 Å². The van der Waals surface area contributed by atoms with Gasteiger partial charge in [-0.25, -0.2) is 0 Å². The van der Waals surface area contributed by atoms with Crippen molar-refractivity contribution in [3.63, 3.8) is 0 Å². The highest BCUT2D eigenvalue weighted by molar-refractivity contribution is 5.84. The summed E-state index contributed by atoms with van der Waals surface area (Å²) in [4.78, 5) is 13.6. The van der Waals surface area contributed by atoms with Gasteiger partial charge < -0.3 is 10.0 Å². The molecule has 3 nitrogen and oxygen atoms in total. The molecule has 3 heteroatoms. The predicted molar refractivity (Wildman–Crippen MR) is 55.1 cm³/mol. The van der Waals surface area contributed by atoms with Gasteiger partial charge in [-0.15, -0.1) is 0 Å². The average molecular weight is 203 g/mol. The van der Waals surface area contributed by atoms with Crippen molar-refractivity contribution in [1.29, 1.82) is 0 Å². The van der Waals surface area contributed by atoms with E-state index < -0.39 is 0 Å². The summed E-state index contributed by atoms with van der Waals surface area (Å²) in [5.74, 6) is 1.45. The van der Waals surface area contributed by atoms with Crippen LogP contribution < -0.4 is 0 Å². The van der Waals surface area contributed by atoms with Gasteiger partial charge in [0.25, 0.3) is 0 Å². The van der Waals surface area contributed by atoms with Gasteiger partial charge >= 0.3 is 0 Å². The first kappa shape index (κ1) is 8.77. The molecule has 1 aliphatic heterocycles. The third kappa shape index (κ3) is 1.39. The lowest BCUT2D eigenvalue weighted by Crippen LogP contribution is -2.27. The molecule has 15 heavy (non-hydrogen) atoms. The maximum atomic E-state index is 11.7. The quantitative estimate of drug-likeness (QED) is 0.788. The predicted octanol–water partition coefficient (Wildman–Crippen LogP) is 1.37. The first-order valence-electron chi connectivity index (χ1n) is 5.31. The van der Waals surface area contributed by atoms with Crippen molar-refractivity contribution in [2.24, 2.45) is 11.8 Å². The van der Waals surface area contributed by atoms with Crippen molar-refractivity contribution in [2.75, 3.05) is 6.54 Å². The SMILES string of the molecule is O=C1C2CC2CN1Cc1ccccc1O. The molecule has 0 spiro atoms. The standard InChI is InChI=1S/C12H13NO2/c14-11-4-2-1-3-8(11)6-13-7-9-5-10(9)12(13)15/h1-4,9-10,14H,5-7H2. The number of piperidine rings is 1. The van der Waals surface area contributed by atoms with E-state index in [4.69, 9.17) is 0 Å². The van der Waals surface area contributed by atoms with E-state index in [0.29, 0.717) is 18.4 Å². The summed E-state index contributed by atoms with van der Waals surface area (Å²) in [6, 6.07) is 7.21. The number of amides is 1. The van der Waals surface area contributed by atoms with Crippen LogP contribution in [-0.4, -0.2) is 22.5 Å². The molecule has 2 aliphatic rings. The molecule has 0 bridgehead atoms. The second kappa shape index (κ2) is 2.99. The number of para-hydroxylation sites is 1. The van der Waals surface area contributed by atoms with Crippen LogP contribution in [0.3, 0.4) is 0 Å². The van der Waals surface area contributed by atoms with Gasteiger partial charge in [0.2, 0.25) is 5.91 Å². The molecule has 2 fully saturated rings. The first-order chi connectivity index (χ1) is 7.25. The Morgan fingerprint density at radius 1 is 1.40 bits per heavy atom. The normalized spacial score (nSPS) is 28.0. The monoisotopic (exact) mass is 203 g/mol. The van der Waals surface area contributed by atoms with E-state index in [9.17, 15) is 9.90 Å². The zero-order valence-corrected chi connectivity index (χ0v) is 8.39. The van der Waals surface area contributed by atoms with E-state index >= 15 is 0 Å². The van der Waals surface area contributed by atoms with Crippen LogP contribution in [0.15, 0.2) is 24.3 Å². The third-order valence-corrected chi connectivity index (χ3v) is 3.36. The molecule has 1 N–H and O–H groups in total. The molecule has 0 aromatic heterocycles. The summed E-state index contributed by atoms with van der Waals surface area (Å²) < 4.78 is 0. The number of phenols is 1. The largest absolute Gasteiger partial charge is 0.508 e. The molecule has 0 radical (unpaired) electrons. The van der Waals surface area contributed by atoms with E-state index in [1.54, 1.807) is 12.1 Å². The number of likely N-dealkylation sites (tertiary alicyclic amines) is 1. The van der Waals surface area contributed by atoms with Crippen LogP contribution in [0, 0.1) is 11.8 Å². The number of fused-ring (bicyclic) bond motifs is 1. The van der Waals surface area contributed by atoms with Crippen LogP contribution in [0.5, 0.6) is 5.75 Å². The molecular formula is C12H13NO2. The molecule has 78 valence electrons. The maximum absolute atomic E-state index is 11.7. The lowest BCUT2D eigenvalue weighted by atomic mass is 10.2. The maximum Gasteiger partial charge on any atom is 0.226 e. The zero-order chi connectivity index (χ0) is 10.4. The minimum Gasteiger partial charge on any atom is -0.508 e. The van der Waals surface area contributed by atoms with Crippen molar-refractivity contribution >= 4 is 5.91 Å². The zero-order valence-electron chi connectivity index (χ0n) is 8.39. The smallest absolute Gasteiger partial charge is 0.226 e. The molecule has 2 unspecified atom stereocenters. The number of hydrogen-bond donors (Lipinski definition) is 1. The van der Waals surface area contributed by atoms with Crippen molar-refractivity contribution in [1.82, 2.24) is 4.90 Å². The first-order valence-corrected chi connectivity index (χ1v) is 5.31. The lowest BCUT2D eigenvalue weighted by molar-refractivity contribution is -0.130. The van der Waals surface area contributed by atoms with Crippen molar-refractivity contribution < 1.29 is 9.90 Å². The highest BCUT2D eigenvalue weighted by Gasteiger charge is 2.51. The second-order valence-corrected chi connectivity index (χ2v) is 4.45. The molecule has 1 aliphatic carbocycles. The lowest BCUT2D eigenvalue weighted by Gasteiger charge is -2.18. The Hall–Kier alpha value is -1.51. The minimum atomic E-state index is 0.267. The Bertz CT molecular complexity index is 416. The van der Waals surface area contributed by atoms with Gasteiger partial charge in [-0.2, -0.15) is 0 Å². The summed E-state index contributed by atoms with van der Waals surface area (Å²) in [7, 11) is 0. The minimum absolute atomic E-state index is 0.267. The summed E-state index contributed by atoms with van der Waals surface area (Å²) in [6.45, 7) is 1.43. The van der Waals surface area contributed by atoms with Gasteiger partial charge in [0, 0.05) is 24.6 Å². The number of aromatic hydroxyl groups is 1. The number of carbonyl (C=O) groups excluding carboxylic acids is 1. The fraction of sp³-hybridized carbons (Fsp3) is 0.417. The molecule has 1 heterocycles. The van der Waals surface area contributed by atoms with Crippen LogP contribution in [0.2, 0.25) is 0 Å². The highest BCUT2D eigenvalue weighted by atomic mass is 16.3. The molecule has 1 aromatic rings. The Balaban J connectivity index is 1.76. The van der Waals surface area contributed by atoms with E-state index in [2.05, 4.69) is 0 Å². The number of benzene rings is 1. The van der Waals surface area contributed by atoms with Gasteiger partial charge in [0.05, 0.1) is 0 Å². The fourth-order valence-corrected chi connectivity index (χ4v) is 2.35. The highest BCUT2D eigenvalue weighted by Crippen LogP contribution is 2.46. The molecule has 3 rings (SSSR count). The van der Waals surface area contributed by atoms with Crippen LogP contribution in [0.4, 0.5) is 0 Å². The summed E-state index contributed by atoms with van der Waals surface area (Å²) in [5, 5.41) is 9.60. The number of carbonyl (C=O) groups is 1. The van der Waals surface area contributed by atoms with Gasteiger partial charge in [-0.1, -0.05) is 18.2 Å². The number of nitrogens with zero attached hydrogens (tertiary/aromatic N) is 1. The molecule has 1 saturated carbocycles. The third-order valence-electron chi connectivity index (χ3n) is 3.36. The fourth-order valence-electron chi connectivity index (χ4n) is 2.35. The molecule has 1 saturated heterocycles. The van der Waals surface area contributed by atoms with Crippen LogP contribution in [-0.2, 0) is 11.3 Å². The number of phenolic OH excluding ortho intramolecular Hbond substituents is 1. The summed E-state index contributed by atoms with van der Waals surface area (Å²) in [6.07, 6.45) is 1.08. The van der Waals surface area contributed by atoms with E-state index in [-0.39, 0.29) is 11.7 Å². The summed E-state index contributed by atoms with van der Waals surface area (Å²) in [5.41, 5.74) is 0.840. The average Bonchev–Trinajstić information content (AvgIpc) is 2.92. The Kier molecular flexibility index (Phi) is 1.75. The Morgan fingerprint density at radius 2 is 2.20 bits per heavy atom. The molecule has 1 amide bonds. The van der Waals surface area contributed by atoms with E-state index in [0.717, 1.165) is 18.5 Å². The second-order valence-electron chi connectivity index (χ2n) is 4.45. The van der Waals surface area contributed by atoms with E-state index in [1.165, 1.54) is 0 Å². The molecule has 2 atom stereocenters. The number of hydrogen-bond acceptors (Lipinski definition) is 2. The van der Waals surface area contributed by atoms with Crippen molar-refractivity contribution in [3.05, 3.63) is 29.8 Å². The van der Waals surface area contributed by atoms with Crippen LogP contribution in [0.25, 0.3) is 0 Å². The Labute approximate surface area is 88.3 Å². The van der Waals surface area contributed by atoms with Gasteiger partial charge in [0.1, 0.15) is 5.75 Å². The Morgan fingerprint density at radius 3 is 2.87 bits per heavy atom. The topological polar surface area (TPSA) is 40.5 Å². The van der Waals surface area contributed by atoms with Gasteiger partial charge in [0.15, 0.2) is 0 Å². The van der Waals surface area contributed by atoms with Crippen LogP contribution in [0.1, 0.15) is 12.0 Å². The van der Waals surface area contributed by atoms with Crippen LogP contribution >= 0.6 is 0 Å². The van der Waals surface area contributed by atoms with Gasteiger partial charge in [-0.05, 0) is 18.4 Å². The number of rotatable bonds is 2. The van der Waals surface area contributed by atoms with E-state index in [1.807, 2.05) is 17.0 Å². The summed E-state index contributed by atoms with van der Waals surface area (Å²) >= 11 is 0. The van der Waals surface area contributed by atoms with Crippen molar-refractivity contribution in [3.8, 4) is 5.75 Å². The molecular weight excluding hydrogens is 190 g/mol.